The van der Waals surface area contributed by atoms with E-state index in [1.807, 2.05) is 12.1 Å². The highest BCUT2D eigenvalue weighted by molar-refractivity contribution is 5.11. The normalized spacial score (nSPS) is 20.2. The van der Waals surface area contributed by atoms with E-state index in [1.165, 1.54) is 38.5 Å². The molecule has 98 valence electrons. The van der Waals surface area contributed by atoms with Gasteiger partial charge in [-0.05, 0) is 37.7 Å². The van der Waals surface area contributed by atoms with Gasteiger partial charge in [-0.2, -0.15) is 5.10 Å². The van der Waals surface area contributed by atoms with Crippen LogP contribution in [0.25, 0.3) is 0 Å². The van der Waals surface area contributed by atoms with Gasteiger partial charge in [0.1, 0.15) is 0 Å². The van der Waals surface area contributed by atoms with Crippen molar-refractivity contribution in [2.75, 3.05) is 6.61 Å². The Morgan fingerprint density at radius 2 is 1.94 bits per heavy atom. The fraction of sp³-hybridized carbons (Fsp3) is 0.714. The second kappa shape index (κ2) is 5.65. The van der Waals surface area contributed by atoms with Crippen molar-refractivity contribution in [3.8, 4) is 5.88 Å². The fourth-order valence-corrected chi connectivity index (χ4v) is 2.44. The maximum Gasteiger partial charge on any atom is 0.233 e. The lowest BCUT2D eigenvalue weighted by molar-refractivity contribution is 0.241. The first-order chi connectivity index (χ1) is 8.90. The molecule has 0 bridgehead atoms. The summed E-state index contributed by atoms with van der Waals surface area (Å²) >= 11 is 0. The highest BCUT2D eigenvalue weighted by atomic mass is 16.5. The molecule has 0 aromatic carbocycles. The highest BCUT2D eigenvalue weighted by Gasteiger charge is 2.20. The van der Waals surface area contributed by atoms with Crippen molar-refractivity contribution < 1.29 is 4.74 Å². The maximum absolute atomic E-state index is 5.69. The third kappa shape index (κ3) is 3.42. The van der Waals surface area contributed by atoms with Gasteiger partial charge in [-0.25, -0.2) is 0 Å². The van der Waals surface area contributed by atoms with Gasteiger partial charge in [0.05, 0.1) is 12.3 Å². The highest BCUT2D eigenvalue weighted by Crippen LogP contribution is 2.25. The summed E-state index contributed by atoms with van der Waals surface area (Å²) in [4.78, 5) is 0. The largest absolute Gasteiger partial charge is 0.476 e. The number of nitrogens with zero attached hydrogens (tertiary/aromatic N) is 2. The second-order valence-electron chi connectivity index (χ2n) is 5.48. The van der Waals surface area contributed by atoms with Crippen molar-refractivity contribution in [2.45, 2.75) is 51.1 Å². The van der Waals surface area contributed by atoms with Gasteiger partial charge in [0.2, 0.25) is 5.88 Å². The van der Waals surface area contributed by atoms with Gasteiger partial charge in [0, 0.05) is 18.7 Å². The molecule has 1 heterocycles. The summed E-state index contributed by atoms with van der Waals surface area (Å²) < 4.78 is 5.69. The van der Waals surface area contributed by atoms with E-state index in [-0.39, 0.29) is 0 Å². The minimum absolute atomic E-state index is 0.664. The van der Waals surface area contributed by atoms with Gasteiger partial charge in [-0.15, -0.1) is 5.10 Å². The van der Waals surface area contributed by atoms with Crippen molar-refractivity contribution in [2.24, 2.45) is 5.92 Å². The molecule has 2 aliphatic rings. The molecule has 1 aromatic heterocycles. The quantitative estimate of drug-likeness (QED) is 0.838. The number of rotatable bonds is 6. The summed E-state index contributed by atoms with van der Waals surface area (Å²) in [6.07, 6.45) is 7.91. The van der Waals surface area contributed by atoms with Crippen LogP contribution in [-0.4, -0.2) is 22.8 Å². The molecule has 2 fully saturated rings. The van der Waals surface area contributed by atoms with Crippen LogP contribution in [0.15, 0.2) is 12.1 Å². The van der Waals surface area contributed by atoms with Crippen LogP contribution < -0.4 is 10.1 Å². The molecule has 0 saturated heterocycles. The number of ether oxygens (including phenoxy) is 1. The van der Waals surface area contributed by atoms with Gasteiger partial charge < -0.3 is 10.1 Å². The summed E-state index contributed by atoms with van der Waals surface area (Å²) in [5.74, 6) is 1.39. The molecule has 0 radical (unpaired) electrons. The Bertz CT molecular complexity index is 369. The summed E-state index contributed by atoms with van der Waals surface area (Å²) in [5.41, 5.74) is 0.995. The molecular formula is C14H21N3O. The summed E-state index contributed by atoms with van der Waals surface area (Å²) in [5, 5.41) is 11.7. The Morgan fingerprint density at radius 3 is 2.61 bits per heavy atom. The number of hydrogen-bond acceptors (Lipinski definition) is 4. The fourth-order valence-electron chi connectivity index (χ4n) is 2.44. The van der Waals surface area contributed by atoms with E-state index in [9.17, 15) is 0 Å². The lowest BCUT2D eigenvalue weighted by Gasteiger charge is -2.10. The van der Waals surface area contributed by atoms with Crippen molar-refractivity contribution in [3.05, 3.63) is 17.8 Å². The first-order valence-electron chi connectivity index (χ1n) is 7.09. The first-order valence-corrected chi connectivity index (χ1v) is 7.09. The minimum Gasteiger partial charge on any atom is -0.476 e. The predicted octanol–water partition coefficient (Wildman–Crippen LogP) is 2.30. The van der Waals surface area contributed by atoms with Gasteiger partial charge in [-0.3, -0.25) is 0 Å². The first kappa shape index (κ1) is 11.9. The zero-order valence-corrected chi connectivity index (χ0v) is 10.8. The van der Waals surface area contributed by atoms with Gasteiger partial charge in [0.25, 0.3) is 0 Å². The summed E-state index contributed by atoms with van der Waals surface area (Å²) in [6, 6.07) is 4.66. The van der Waals surface area contributed by atoms with Crippen LogP contribution in [0.4, 0.5) is 0 Å². The van der Waals surface area contributed by atoms with E-state index in [1.54, 1.807) is 0 Å². The third-order valence-electron chi connectivity index (χ3n) is 3.79. The lowest BCUT2D eigenvalue weighted by Crippen LogP contribution is -2.16. The molecule has 2 saturated carbocycles. The molecule has 0 spiro atoms. The van der Waals surface area contributed by atoms with Gasteiger partial charge in [-0.1, -0.05) is 12.8 Å². The van der Waals surface area contributed by atoms with E-state index >= 15 is 0 Å². The Labute approximate surface area is 108 Å². The van der Waals surface area contributed by atoms with E-state index in [2.05, 4.69) is 15.5 Å². The molecule has 0 amide bonds. The molecule has 1 aromatic rings. The smallest absolute Gasteiger partial charge is 0.233 e. The number of aromatic nitrogens is 2. The molecule has 4 heteroatoms. The van der Waals surface area contributed by atoms with Crippen LogP contribution in [-0.2, 0) is 6.54 Å². The van der Waals surface area contributed by atoms with E-state index < -0.39 is 0 Å². The SMILES string of the molecule is c1cc(OCC2CCCC2)nnc1CNC1CC1. The molecule has 2 aliphatic carbocycles. The monoisotopic (exact) mass is 247 g/mol. The average Bonchev–Trinajstić information content (AvgIpc) is 3.09. The zero-order valence-electron chi connectivity index (χ0n) is 10.8. The number of hydrogen-bond donors (Lipinski definition) is 1. The van der Waals surface area contributed by atoms with Gasteiger partial charge >= 0.3 is 0 Å². The standard InChI is InChI=1S/C14H21N3O/c1-2-4-11(3-1)10-18-14-8-7-13(16-17-14)9-15-12-5-6-12/h7-8,11-12,15H,1-6,9-10H2. The zero-order chi connectivity index (χ0) is 12.2. The number of nitrogens with one attached hydrogen (secondary N) is 1. The third-order valence-corrected chi connectivity index (χ3v) is 3.79. The Balaban J connectivity index is 1.44. The Kier molecular flexibility index (Phi) is 3.74. The van der Waals surface area contributed by atoms with Gasteiger partial charge in [0.15, 0.2) is 0 Å². The van der Waals surface area contributed by atoms with Crippen molar-refractivity contribution >= 4 is 0 Å². The molecule has 18 heavy (non-hydrogen) atoms. The molecule has 0 unspecified atom stereocenters. The van der Waals surface area contributed by atoms with Crippen molar-refractivity contribution in [3.63, 3.8) is 0 Å². The summed E-state index contributed by atoms with van der Waals surface area (Å²) in [6.45, 7) is 1.62. The maximum atomic E-state index is 5.69. The Morgan fingerprint density at radius 1 is 1.11 bits per heavy atom. The summed E-state index contributed by atoms with van der Waals surface area (Å²) in [7, 11) is 0. The molecule has 1 N–H and O–H groups in total. The Hall–Kier alpha value is -1.16. The molecular weight excluding hydrogens is 226 g/mol. The van der Waals surface area contributed by atoms with E-state index in [4.69, 9.17) is 4.74 Å². The van der Waals surface area contributed by atoms with Crippen LogP contribution in [0.2, 0.25) is 0 Å². The second-order valence-corrected chi connectivity index (χ2v) is 5.48. The molecule has 0 atom stereocenters. The van der Waals surface area contributed by atoms with Crippen LogP contribution in [0.1, 0.15) is 44.2 Å². The molecule has 4 nitrogen and oxygen atoms in total. The van der Waals surface area contributed by atoms with Crippen molar-refractivity contribution in [1.29, 1.82) is 0 Å². The topological polar surface area (TPSA) is 47.0 Å². The van der Waals surface area contributed by atoms with Crippen LogP contribution in [0, 0.1) is 5.92 Å². The van der Waals surface area contributed by atoms with E-state index in [0.717, 1.165) is 24.8 Å². The van der Waals surface area contributed by atoms with E-state index in [0.29, 0.717) is 11.9 Å². The predicted molar refractivity (Wildman–Crippen MR) is 69.3 cm³/mol. The lowest BCUT2D eigenvalue weighted by atomic mass is 10.1. The van der Waals surface area contributed by atoms with Crippen LogP contribution in [0.3, 0.4) is 0 Å². The van der Waals surface area contributed by atoms with Crippen LogP contribution >= 0.6 is 0 Å². The van der Waals surface area contributed by atoms with Crippen LogP contribution in [0.5, 0.6) is 5.88 Å². The molecule has 3 rings (SSSR count). The minimum atomic E-state index is 0.664. The molecule has 0 aliphatic heterocycles. The van der Waals surface area contributed by atoms with Crippen molar-refractivity contribution in [1.82, 2.24) is 15.5 Å². The average molecular weight is 247 g/mol.